The number of carbonyl (C=O) groups excluding carboxylic acids is 2. The van der Waals surface area contributed by atoms with Crippen molar-refractivity contribution in [1.29, 1.82) is 0 Å². The molecule has 0 saturated carbocycles. The second-order valence-electron chi connectivity index (χ2n) is 5.69. The number of anilines is 1. The summed E-state index contributed by atoms with van der Waals surface area (Å²) in [5, 5.41) is 11.0. The summed E-state index contributed by atoms with van der Waals surface area (Å²) in [4.78, 5) is 25.4. The fraction of sp³-hybridized carbons (Fsp3) is 0.294. The molecule has 26 heavy (non-hydrogen) atoms. The van der Waals surface area contributed by atoms with Gasteiger partial charge in [0.05, 0.1) is 5.75 Å². The molecule has 0 fully saturated rings. The number of benzene rings is 1. The van der Waals surface area contributed by atoms with Crippen LogP contribution in [0.4, 0.5) is 5.69 Å². The topological polar surface area (TPSA) is 75.2 Å². The van der Waals surface area contributed by atoms with Gasteiger partial charge in [-0.15, -0.1) is 10.2 Å². The van der Waals surface area contributed by atoms with E-state index < -0.39 is 0 Å². The smallest absolute Gasteiger partial charge is 0.253 e. The van der Waals surface area contributed by atoms with E-state index in [1.165, 1.54) is 28.0 Å². The van der Waals surface area contributed by atoms with Crippen molar-refractivity contribution in [2.24, 2.45) is 0 Å². The number of hydrogen-bond donors (Lipinski definition) is 1. The summed E-state index contributed by atoms with van der Waals surface area (Å²) in [6.07, 6.45) is 0. The van der Waals surface area contributed by atoms with Crippen LogP contribution in [0.15, 0.2) is 45.1 Å². The van der Waals surface area contributed by atoms with Crippen molar-refractivity contribution in [2.75, 3.05) is 30.9 Å². The molecule has 1 aromatic heterocycles. The standard InChI is InChI=1S/C17H20N4O2S3/c1-11(2)9-24-16-19-20-17(26-16)25-10-14(22)18-13-7-5-12(6-8-13)15(23)21(3)4/h5-8H,1,9-10H2,2-4H3,(H,18,22). The third kappa shape index (κ3) is 6.47. The first kappa shape index (κ1) is 20.5. The Hall–Kier alpha value is -1.84. The zero-order valence-corrected chi connectivity index (χ0v) is 17.3. The van der Waals surface area contributed by atoms with Gasteiger partial charge in [0.15, 0.2) is 8.68 Å². The Labute approximate surface area is 165 Å². The van der Waals surface area contributed by atoms with E-state index in [0.29, 0.717) is 11.3 Å². The molecule has 1 aromatic carbocycles. The van der Waals surface area contributed by atoms with Crippen molar-refractivity contribution in [1.82, 2.24) is 15.1 Å². The van der Waals surface area contributed by atoms with Gasteiger partial charge in [-0.2, -0.15) is 0 Å². The zero-order valence-electron chi connectivity index (χ0n) is 14.8. The molecule has 1 N–H and O–H groups in total. The van der Waals surface area contributed by atoms with E-state index >= 15 is 0 Å². The lowest BCUT2D eigenvalue weighted by Crippen LogP contribution is -2.21. The minimum Gasteiger partial charge on any atom is -0.345 e. The molecule has 0 aliphatic carbocycles. The molecule has 0 spiro atoms. The fourth-order valence-corrected chi connectivity index (χ4v) is 4.44. The molecule has 1 heterocycles. The van der Waals surface area contributed by atoms with Crippen molar-refractivity contribution in [3.05, 3.63) is 42.0 Å². The maximum Gasteiger partial charge on any atom is 0.253 e. The van der Waals surface area contributed by atoms with E-state index in [9.17, 15) is 9.59 Å². The normalized spacial score (nSPS) is 10.4. The number of nitrogens with one attached hydrogen (secondary N) is 1. The minimum atomic E-state index is -0.131. The van der Waals surface area contributed by atoms with E-state index in [-0.39, 0.29) is 17.6 Å². The summed E-state index contributed by atoms with van der Waals surface area (Å²) in [6.45, 7) is 5.83. The molecule has 9 heteroatoms. The lowest BCUT2D eigenvalue weighted by molar-refractivity contribution is -0.113. The van der Waals surface area contributed by atoms with Crippen LogP contribution < -0.4 is 5.32 Å². The van der Waals surface area contributed by atoms with Crippen LogP contribution in [0.5, 0.6) is 0 Å². The molecule has 0 aliphatic rings. The Morgan fingerprint density at radius 1 is 1.12 bits per heavy atom. The van der Waals surface area contributed by atoms with Gasteiger partial charge >= 0.3 is 0 Å². The van der Waals surface area contributed by atoms with Gasteiger partial charge in [-0.25, -0.2) is 0 Å². The lowest BCUT2D eigenvalue weighted by atomic mass is 10.2. The number of thioether (sulfide) groups is 2. The number of amides is 2. The van der Waals surface area contributed by atoms with E-state index in [1.807, 2.05) is 6.92 Å². The first-order valence-corrected chi connectivity index (χ1v) is 10.5. The fourth-order valence-electron chi connectivity index (χ4n) is 1.78. The van der Waals surface area contributed by atoms with E-state index in [0.717, 1.165) is 20.0 Å². The summed E-state index contributed by atoms with van der Waals surface area (Å²) in [7, 11) is 3.40. The Bertz CT molecular complexity index is 788. The van der Waals surface area contributed by atoms with Crippen molar-refractivity contribution < 1.29 is 9.59 Å². The number of carbonyl (C=O) groups is 2. The lowest BCUT2D eigenvalue weighted by Gasteiger charge is -2.10. The maximum absolute atomic E-state index is 12.1. The highest BCUT2D eigenvalue weighted by molar-refractivity contribution is 8.03. The highest BCUT2D eigenvalue weighted by atomic mass is 32.2. The minimum absolute atomic E-state index is 0.0741. The summed E-state index contributed by atoms with van der Waals surface area (Å²) in [6, 6.07) is 6.83. The van der Waals surface area contributed by atoms with Gasteiger partial charge in [0.25, 0.3) is 5.91 Å². The summed E-state index contributed by atoms with van der Waals surface area (Å²) in [5.74, 6) is 0.854. The molecule has 138 valence electrons. The molecule has 0 atom stereocenters. The van der Waals surface area contributed by atoms with Crippen molar-refractivity contribution in [3.8, 4) is 0 Å². The monoisotopic (exact) mass is 408 g/mol. The molecule has 0 saturated heterocycles. The van der Waals surface area contributed by atoms with E-state index in [1.54, 1.807) is 50.1 Å². The Morgan fingerprint density at radius 2 is 1.69 bits per heavy atom. The molecular formula is C17H20N4O2S3. The van der Waals surface area contributed by atoms with Gasteiger partial charge in [-0.05, 0) is 31.2 Å². The molecular weight excluding hydrogens is 388 g/mol. The Morgan fingerprint density at radius 3 is 2.23 bits per heavy atom. The van der Waals surface area contributed by atoms with Crippen LogP contribution in [-0.2, 0) is 4.79 Å². The number of nitrogens with zero attached hydrogens (tertiary/aromatic N) is 3. The molecule has 2 amide bonds. The number of hydrogen-bond acceptors (Lipinski definition) is 7. The van der Waals surface area contributed by atoms with Gasteiger partial charge in [0, 0.05) is 31.1 Å². The predicted molar refractivity (Wildman–Crippen MR) is 109 cm³/mol. The van der Waals surface area contributed by atoms with Crippen molar-refractivity contribution >= 4 is 52.4 Å². The van der Waals surface area contributed by atoms with Gasteiger partial charge in [-0.1, -0.05) is 47.0 Å². The maximum atomic E-state index is 12.1. The Balaban J connectivity index is 1.81. The number of aromatic nitrogens is 2. The Kier molecular flexibility index (Phi) is 7.67. The van der Waals surface area contributed by atoms with Crippen LogP contribution >= 0.6 is 34.9 Å². The van der Waals surface area contributed by atoms with Crippen LogP contribution in [0, 0.1) is 0 Å². The average molecular weight is 409 g/mol. The zero-order chi connectivity index (χ0) is 19.1. The predicted octanol–water partition coefficient (Wildman–Crippen LogP) is 3.64. The van der Waals surface area contributed by atoms with E-state index in [2.05, 4.69) is 22.1 Å². The molecule has 0 unspecified atom stereocenters. The molecule has 0 radical (unpaired) electrons. The van der Waals surface area contributed by atoms with Crippen LogP contribution in [0.2, 0.25) is 0 Å². The third-order valence-electron chi connectivity index (χ3n) is 2.98. The van der Waals surface area contributed by atoms with Gasteiger partial charge < -0.3 is 10.2 Å². The molecule has 6 nitrogen and oxygen atoms in total. The molecule has 2 aromatic rings. The molecule has 0 aliphatic heterocycles. The summed E-state index contributed by atoms with van der Waals surface area (Å²) in [5.41, 5.74) is 2.31. The third-order valence-corrected chi connectivity index (χ3v) is 6.40. The van der Waals surface area contributed by atoms with Crippen LogP contribution in [0.3, 0.4) is 0 Å². The van der Waals surface area contributed by atoms with Crippen molar-refractivity contribution in [2.45, 2.75) is 15.6 Å². The van der Waals surface area contributed by atoms with Crippen LogP contribution in [0.25, 0.3) is 0 Å². The average Bonchev–Trinajstić information content (AvgIpc) is 3.06. The first-order valence-electron chi connectivity index (χ1n) is 7.70. The quantitative estimate of drug-likeness (QED) is 0.531. The second kappa shape index (κ2) is 9.75. The highest BCUT2D eigenvalue weighted by Crippen LogP contribution is 2.29. The summed E-state index contributed by atoms with van der Waals surface area (Å²) < 4.78 is 1.63. The SMILES string of the molecule is C=C(C)CSc1nnc(SCC(=O)Nc2ccc(C(=O)N(C)C)cc2)s1. The first-order chi connectivity index (χ1) is 12.3. The van der Waals surface area contributed by atoms with Crippen LogP contribution in [-0.4, -0.2) is 52.5 Å². The van der Waals surface area contributed by atoms with Gasteiger partial charge in [0.1, 0.15) is 0 Å². The van der Waals surface area contributed by atoms with Gasteiger partial charge in [-0.3, -0.25) is 9.59 Å². The van der Waals surface area contributed by atoms with Crippen LogP contribution in [0.1, 0.15) is 17.3 Å². The van der Waals surface area contributed by atoms with Gasteiger partial charge in [0.2, 0.25) is 5.91 Å². The van der Waals surface area contributed by atoms with E-state index in [4.69, 9.17) is 0 Å². The highest BCUT2D eigenvalue weighted by Gasteiger charge is 2.10. The molecule has 2 rings (SSSR count). The summed E-state index contributed by atoms with van der Waals surface area (Å²) >= 11 is 4.41. The second-order valence-corrected chi connectivity index (χ2v) is 9.12. The van der Waals surface area contributed by atoms with Crippen molar-refractivity contribution in [3.63, 3.8) is 0 Å². The number of rotatable bonds is 8. The largest absolute Gasteiger partial charge is 0.345 e. The molecule has 0 bridgehead atoms.